The van der Waals surface area contributed by atoms with Crippen LogP contribution >= 0.6 is 0 Å². The molecule has 0 saturated heterocycles. The van der Waals surface area contributed by atoms with E-state index in [0.717, 1.165) is 51.4 Å². The summed E-state index contributed by atoms with van der Waals surface area (Å²) in [5.41, 5.74) is 4.85. The minimum Gasteiger partial charge on any atom is -0.350 e. The molecule has 40 heavy (non-hydrogen) atoms. The second-order valence-electron chi connectivity index (χ2n) is 10.1. The molecular weight excluding hydrogens is 546 g/mol. The maximum atomic E-state index is 7.34. The van der Waals surface area contributed by atoms with Gasteiger partial charge in [0, 0.05) is 52.9 Å². The normalized spacial score (nSPS) is 16.7. The number of rotatable bonds is 28. The lowest BCUT2D eigenvalue weighted by Gasteiger charge is -2.57. The summed E-state index contributed by atoms with van der Waals surface area (Å²) in [4.78, 5) is 0. The van der Waals surface area contributed by atoms with Crippen LogP contribution in [0, 0.1) is 0 Å². The smallest absolute Gasteiger partial charge is 0.239 e. The Morgan fingerprint density at radius 2 is 0.750 bits per heavy atom. The highest BCUT2D eigenvalue weighted by Gasteiger charge is 2.69. The van der Waals surface area contributed by atoms with Crippen molar-refractivity contribution < 1.29 is 37.9 Å². The molecule has 0 amide bonds. The Kier molecular flexibility index (Phi) is 21.8. The number of unbranched alkanes of at least 4 members (excludes halogenated alkanes) is 6. The second-order valence-corrected chi connectivity index (χ2v) is 12.8. The van der Waals surface area contributed by atoms with Gasteiger partial charge in [0.1, 0.15) is 6.04 Å². The van der Waals surface area contributed by atoms with Gasteiger partial charge in [0.25, 0.3) is 0 Å². The van der Waals surface area contributed by atoms with E-state index in [1.54, 1.807) is 0 Å². The third-order valence-corrected chi connectivity index (χ3v) is 9.66. The van der Waals surface area contributed by atoms with Gasteiger partial charge in [-0.25, -0.2) is 0 Å². The minimum absolute atomic E-state index is 0.318. The zero-order valence-electron chi connectivity index (χ0n) is 27.7. The van der Waals surface area contributed by atoms with Gasteiger partial charge in [-0.3, -0.25) is 0 Å². The van der Waals surface area contributed by atoms with Gasteiger partial charge in [-0.05, 0) is 54.4 Å². The maximum absolute atomic E-state index is 7.34. The Morgan fingerprint density at radius 1 is 0.450 bits per heavy atom. The predicted molar refractivity (Wildman–Crippen MR) is 169 cm³/mol. The van der Waals surface area contributed by atoms with Gasteiger partial charge in [-0.15, -0.1) is 0 Å². The largest absolute Gasteiger partial charge is 0.350 e. The zero-order valence-corrected chi connectivity index (χ0v) is 31.7. The molecular formula is C29H65NO8Si2. The van der Waals surface area contributed by atoms with Crippen LogP contribution < -0.4 is 5.73 Å². The average molecular weight is 612 g/mol. The number of hydrogen-bond donors (Lipinski definition) is 1. The molecule has 0 aromatic carbocycles. The lowest BCUT2D eigenvalue weighted by atomic mass is 9.94. The molecule has 0 aliphatic heterocycles. The topological polar surface area (TPSA) is 99.9 Å². The first-order valence-corrected chi connectivity index (χ1v) is 18.0. The molecule has 11 heteroatoms. The fraction of sp³-hybridized carbons (Fsp3) is 1.00. The van der Waals surface area contributed by atoms with Crippen LogP contribution in [0.4, 0.5) is 0 Å². The molecule has 0 aromatic rings. The lowest BCUT2D eigenvalue weighted by Crippen LogP contribution is -2.81. The van der Waals surface area contributed by atoms with Gasteiger partial charge >= 0.3 is 0 Å². The quantitative estimate of drug-likeness (QED) is 0.0813. The van der Waals surface area contributed by atoms with Crippen molar-refractivity contribution in [3.8, 4) is 0 Å². The standard InChI is InChI=1S/C29H65NO8Si2/c1-9-17-19-21-23-37-28(39,35-15-7)26(31-11-3,32-12-4)25(30)27(33-13-5,34-14-6)29(40,36-16-8)38-24-22-20-18-10-2/h25H,9-24,30H2,1-8,39-40H3. The van der Waals surface area contributed by atoms with Crippen molar-refractivity contribution >= 4 is 20.5 Å². The van der Waals surface area contributed by atoms with E-state index in [9.17, 15) is 0 Å². The Balaban J connectivity index is 6.97. The average Bonchev–Trinajstić information content (AvgIpc) is 2.92. The molecule has 242 valence electrons. The first-order valence-electron chi connectivity index (χ1n) is 16.0. The van der Waals surface area contributed by atoms with Crippen LogP contribution in [0.3, 0.4) is 0 Å². The Morgan fingerprint density at radius 3 is 1.00 bits per heavy atom. The summed E-state index contributed by atoms with van der Waals surface area (Å²) < 4.78 is 52.1. The van der Waals surface area contributed by atoms with Gasteiger partial charge in [-0.1, -0.05) is 52.4 Å². The molecule has 0 aliphatic carbocycles. The van der Waals surface area contributed by atoms with Crippen molar-refractivity contribution in [3.63, 3.8) is 0 Å². The molecule has 2 unspecified atom stereocenters. The van der Waals surface area contributed by atoms with Gasteiger partial charge in [0.2, 0.25) is 11.6 Å². The van der Waals surface area contributed by atoms with E-state index in [-0.39, 0.29) is 0 Å². The van der Waals surface area contributed by atoms with Crippen LogP contribution in [0.25, 0.3) is 0 Å². The fourth-order valence-corrected chi connectivity index (χ4v) is 7.45. The molecule has 0 fully saturated rings. The molecule has 0 aliphatic rings. The van der Waals surface area contributed by atoms with E-state index in [0.29, 0.717) is 73.3 Å². The van der Waals surface area contributed by atoms with Crippen molar-refractivity contribution in [2.45, 2.75) is 135 Å². The first-order chi connectivity index (χ1) is 19.1. The van der Waals surface area contributed by atoms with E-state index >= 15 is 0 Å². The van der Waals surface area contributed by atoms with Crippen LogP contribution in [-0.4, -0.2) is 102 Å². The van der Waals surface area contributed by atoms with Crippen LogP contribution in [-0.2, 0) is 37.9 Å². The van der Waals surface area contributed by atoms with E-state index in [2.05, 4.69) is 13.8 Å². The number of hydrogen-bond acceptors (Lipinski definition) is 9. The summed E-state index contributed by atoms with van der Waals surface area (Å²) in [6.07, 6.45) is 8.55. The van der Waals surface area contributed by atoms with Crippen LogP contribution in [0.15, 0.2) is 0 Å². The second kappa shape index (κ2) is 21.7. The summed E-state index contributed by atoms with van der Waals surface area (Å²) >= 11 is 0. The molecule has 0 aromatic heterocycles. The van der Waals surface area contributed by atoms with E-state index < -0.39 is 28.4 Å². The van der Waals surface area contributed by atoms with Crippen LogP contribution in [0.2, 0.25) is 0 Å². The summed E-state index contributed by atoms with van der Waals surface area (Å²) in [5, 5.41) is 0. The maximum Gasteiger partial charge on any atom is 0.239 e. The molecule has 2 N–H and O–H groups in total. The molecule has 2 atom stereocenters. The zero-order chi connectivity index (χ0) is 30.5. The van der Waals surface area contributed by atoms with Crippen molar-refractivity contribution in [3.05, 3.63) is 0 Å². The molecule has 0 radical (unpaired) electrons. The van der Waals surface area contributed by atoms with Crippen molar-refractivity contribution in [1.29, 1.82) is 0 Å². The summed E-state index contributed by atoms with van der Waals surface area (Å²) in [6, 6.07) is -1.04. The SMILES string of the molecule is CCCCCCOC([SiH3])(OCC)C(OCC)(OCC)C(N)C(OCC)(OCC)C([SiH3])(OCC)OCCCCCC. The Bertz CT molecular complexity index is 559. The summed E-state index contributed by atoms with van der Waals surface area (Å²) in [5.74, 6) is -3.10. The van der Waals surface area contributed by atoms with Gasteiger partial charge in [0.05, 0.1) is 20.5 Å². The molecule has 0 spiro atoms. The van der Waals surface area contributed by atoms with E-state index in [4.69, 9.17) is 43.6 Å². The third-order valence-electron chi connectivity index (χ3n) is 7.11. The molecule has 0 bridgehead atoms. The Labute approximate surface area is 252 Å². The lowest BCUT2D eigenvalue weighted by molar-refractivity contribution is -0.442. The Hall–Kier alpha value is 0.0738. The minimum atomic E-state index is -1.55. The van der Waals surface area contributed by atoms with Crippen molar-refractivity contribution in [2.75, 3.05) is 52.9 Å². The first kappa shape index (κ1) is 40.1. The number of ether oxygens (including phenoxy) is 8. The summed E-state index contributed by atoms with van der Waals surface area (Å²) in [6.45, 7) is 19.0. The van der Waals surface area contributed by atoms with Crippen molar-refractivity contribution in [1.82, 2.24) is 0 Å². The highest BCUT2D eigenvalue weighted by atomic mass is 28.2. The highest BCUT2D eigenvalue weighted by Crippen LogP contribution is 2.44. The fourth-order valence-electron chi connectivity index (χ4n) is 5.27. The van der Waals surface area contributed by atoms with Gasteiger partial charge in [-0.2, -0.15) is 0 Å². The van der Waals surface area contributed by atoms with Gasteiger partial charge < -0.3 is 43.6 Å². The molecule has 0 saturated carbocycles. The van der Waals surface area contributed by atoms with Crippen molar-refractivity contribution in [2.24, 2.45) is 5.73 Å². The predicted octanol–water partition coefficient (Wildman–Crippen LogP) is 3.16. The monoisotopic (exact) mass is 611 g/mol. The molecule has 0 heterocycles. The molecule has 9 nitrogen and oxygen atoms in total. The number of nitrogens with two attached hydrogens (primary N) is 1. The summed E-state index contributed by atoms with van der Waals surface area (Å²) in [7, 11) is 0.820. The van der Waals surface area contributed by atoms with E-state index in [1.807, 2.05) is 41.5 Å². The van der Waals surface area contributed by atoms with Crippen LogP contribution in [0.1, 0.15) is 107 Å². The van der Waals surface area contributed by atoms with E-state index in [1.165, 1.54) is 0 Å². The van der Waals surface area contributed by atoms with Crippen LogP contribution in [0.5, 0.6) is 0 Å². The van der Waals surface area contributed by atoms with Gasteiger partial charge in [0.15, 0.2) is 10.8 Å². The molecule has 0 rings (SSSR count). The third kappa shape index (κ3) is 10.7. The highest BCUT2D eigenvalue weighted by molar-refractivity contribution is 6.15.